The van der Waals surface area contributed by atoms with E-state index in [9.17, 15) is 4.79 Å². The van der Waals surface area contributed by atoms with Crippen molar-refractivity contribution in [2.45, 2.75) is 6.54 Å². The molecule has 60 valence electrons. The highest BCUT2D eigenvalue weighted by Gasteiger charge is 2.08. The molecule has 0 fully saturated rings. The van der Waals surface area contributed by atoms with Gasteiger partial charge in [0.25, 0.3) is 0 Å². The van der Waals surface area contributed by atoms with Crippen molar-refractivity contribution in [3.8, 4) is 11.5 Å². The summed E-state index contributed by atoms with van der Waals surface area (Å²) in [4.78, 5) is 22.1. The van der Waals surface area contributed by atoms with Gasteiger partial charge < -0.3 is 9.36 Å². The van der Waals surface area contributed by atoms with Gasteiger partial charge in [-0.2, -0.15) is 0 Å². The van der Waals surface area contributed by atoms with E-state index < -0.39 is 0 Å². The molecule has 0 amide bonds. The molecule has 0 radical (unpaired) electrons. The molecule has 0 aromatic carbocycles. The molecule has 2 aliphatic heterocycles. The van der Waals surface area contributed by atoms with Gasteiger partial charge >= 0.3 is 0 Å². The number of rotatable bonds is 2. The molecular formula is C7H6N4O. The first kappa shape index (κ1) is 6.90. The molecule has 0 unspecified atom stereocenters. The zero-order valence-corrected chi connectivity index (χ0v) is 6.21. The number of hydrogen-bond donors (Lipinski definition) is 0. The van der Waals surface area contributed by atoms with Crippen molar-refractivity contribution in [2.24, 2.45) is 0 Å². The molecule has 0 N–H and O–H groups in total. The van der Waals surface area contributed by atoms with E-state index in [0.29, 0.717) is 11.5 Å². The van der Waals surface area contributed by atoms with Crippen LogP contribution in [0, 0.1) is 0 Å². The van der Waals surface area contributed by atoms with Gasteiger partial charge in [0, 0.05) is 0 Å². The molecule has 2 heterocycles. The van der Waals surface area contributed by atoms with Gasteiger partial charge in [0.15, 0.2) is 5.82 Å². The first-order chi connectivity index (χ1) is 5.92. The molecule has 2 rings (SSSR count). The summed E-state index contributed by atoms with van der Waals surface area (Å²) in [6.45, 7) is 0.267. The van der Waals surface area contributed by atoms with Gasteiger partial charge in [-0.1, -0.05) is 0 Å². The van der Waals surface area contributed by atoms with Crippen LogP contribution in [0.2, 0.25) is 0 Å². The lowest BCUT2D eigenvalue weighted by atomic mass is 10.4. The van der Waals surface area contributed by atoms with E-state index in [1.807, 2.05) is 0 Å². The second-order valence-electron chi connectivity index (χ2n) is 2.30. The Morgan fingerprint density at radius 3 is 3.25 bits per heavy atom. The quantitative estimate of drug-likeness (QED) is 0.582. The normalized spacial score (nSPS) is 10.3. The van der Waals surface area contributed by atoms with Gasteiger partial charge in [0.05, 0.1) is 19.1 Å². The summed E-state index contributed by atoms with van der Waals surface area (Å²) in [6, 6.07) is 0. The van der Waals surface area contributed by atoms with E-state index in [1.165, 1.54) is 6.33 Å². The molecule has 0 spiro atoms. The second-order valence-corrected chi connectivity index (χ2v) is 2.30. The summed E-state index contributed by atoms with van der Waals surface area (Å²) in [6.07, 6.45) is 5.43. The second kappa shape index (κ2) is 2.69. The molecule has 0 atom stereocenters. The van der Waals surface area contributed by atoms with Crippen LogP contribution in [0.15, 0.2) is 18.9 Å². The lowest BCUT2D eigenvalue weighted by Gasteiger charge is -2.03. The smallest absolute Gasteiger partial charge is 0.163 e. The van der Waals surface area contributed by atoms with Gasteiger partial charge in [-0.05, 0) is 0 Å². The van der Waals surface area contributed by atoms with Gasteiger partial charge in [0.1, 0.15) is 18.3 Å². The van der Waals surface area contributed by atoms with Crippen LogP contribution in [0.25, 0.3) is 11.5 Å². The molecule has 0 aromatic heterocycles. The van der Waals surface area contributed by atoms with Crippen molar-refractivity contribution in [3.63, 3.8) is 0 Å². The number of imidazole rings is 1. The third kappa shape index (κ3) is 0.952. The van der Waals surface area contributed by atoms with Gasteiger partial charge in [-0.3, -0.25) is 0 Å². The number of fused-ring (bicyclic) bond motifs is 1. The predicted molar refractivity (Wildman–Crippen MR) is 40.5 cm³/mol. The zero-order chi connectivity index (χ0) is 8.39. The van der Waals surface area contributed by atoms with E-state index in [0.717, 1.165) is 6.29 Å². The minimum Gasteiger partial charge on any atom is -0.308 e. The Morgan fingerprint density at radius 2 is 2.42 bits per heavy atom. The van der Waals surface area contributed by atoms with Gasteiger partial charge in [0.2, 0.25) is 0 Å². The lowest BCUT2D eigenvalue weighted by Crippen LogP contribution is -2.05. The zero-order valence-electron chi connectivity index (χ0n) is 6.21. The number of aromatic nitrogens is 4. The maximum absolute atomic E-state index is 10.2. The molecule has 0 saturated heterocycles. The van der Waals surface area contributed by atoms with Gasteiger partial charge in [-0.25, -0.2) is 15.0 Å². The average molecular weight is 162 g/mol. The van der Waals surface area contributed by atoms with Crippen LogP contribution in [0.3, 0.4) is 0 Å². The fourth-order valence-corrected chi connectivity index (χ4v) is 1.03. The molecule has 2 aliphatic rings. The Balaban J connectivity index is 2.54. The Morgan fingerprint density at radius 1 is 1.50 bits per heavy atom. The highest BCUT2D eigenvalue weighted by Crippen LogP contribution is 2.13. The molecule has 5 heteroatoms. The maximum atomic E-state index is 10.2. The predicted octanol–water partition coefficient (Wildman–Crippen LogP) is -0.0232. The van der Waals surface area contributed by atoms with E-state index >= 15 is 0 Å². The highest BCUT2D eigenvalue weighted by molar-refractivity contribution is 5.54. The van der Waals surface area contributed by atoms with E-state index in [-0.39, 0.29) is 6.54 Å². The minimum absolute atomic E-state index is 0.267. The largest absolute Gasteiger partial charge is 0.308 e. The first-order valence-corrected chi connectivity index (χ1v) is 3.46. The molecule has 0 bridgehead atoms. The van der Waals surface area contributed by atoms with Crippen LogP contribution in [-0.2, 0) is 11.3 Å². The van der Waals surface area contributed by atoms with Crippen molar-refractivity contribution < 1.29 is 4.79 Å². The van der Waals surface area contributed by atoms with Crippen molar-refractivity contribution in [1.82, 2.24) is 19.5 Å². The Bertz CT molecular complexity index is 370. The summed E-state index contributed by atoms with van der Waals surface area (Å²) in [5, 5.41) is 0. The number of hydrogen-bond acceptors (Lipinski definition) is 4. The summed E-state index contributed by atoms with van der Waals surface area (Å²) in [7, 11) is 0. The standard InChI is InChI=1S/C7H6N4O/c12-2-1-11-5-8-3-6-7(11)10-4-9-6/h2-5H,1H2. The van der Waals surface area contributed by atoms with Crippen molar-refractivity contribution in [1.29, 1.82) is 0 Å². The van der Waals surface area contributed by atoms with Crippen molar-refractivity contribution >= 4 is 6.29 Å². The summed E-state index contributed by atoms with van der Waals surface area (Å²) in [5.74, 6) is 0.692. The molecule has 0 aliphatic carbocycles. The van der Waals surface area contributed by atoms with Crippen LogP contribution >= 0.6 is 0 Å². The summed E-state index contributed by atoms with van der Waals surface area (Å²) in [5.41, 5.74) is 0.708. The fourth-order valence-electron chi connectivity index (χ4n) is 1.03. The van der Waals surface area contributed by atoms with Gasteiger partial charge in [-0.15, -0.1) is 0 Å². The summed E-state index contributed by atoms with van der Waals surface area (Å²) >= 11 is 0. The van der Waals surface area contributed by atoms with E-state index in [1.54, 1.807) is 17.1 Å². The topological polar surface area (TPSA) is 60.7 Å². The minimum atomic E-state index is 0.267. The Labute approximate surface area is 68.4 Å². The molecule has 12 heavy (non-hydrogen) atoms. The molecule has 5 nitrogen and oxygen atoms in total. The van der Waals surface area contributed by atoms with E-state index in [2.05, 4.69) is 15.0 Å². The number of nitrogens with zero attached hydrogens (tertiary/aromatic N) is 4. The van der Waals surface area contributed by atoms with Crippen molar-refractivity contribution in [3.05, 3.63) is 18.9 Å². The number of carbonyl (C=O) groups excluding carboxylic acids is 1. The van der Waals surface area contributed by atoms with Crippen LogP contribution in [-0.4, -0.2) is 25.8 Å². The average Bonchev–Trinajstić information content (AvgIpc) is 2.53. The van der Waals surface area contributed by atoms with Crippen LogP contribution < -0.4 is 0 Å². The Hall–Kier alpha value is -1.78. The third-order valence-corrected chi connectivity index (χ3v) is 1.55. The first-order valence-electron chi connectivity index (χ1n) is 3.46. The lowest BCUT2D eigenvalue weighted by molar-refractivity contribution is -0.108. The monoisotopic (exact) mass is 162 g/mol. The number of aldehydes is 1. The van der Waals surface area contributed by atoms with Crippen LogP contribution in [0.4, 0.5) is 0 Å². The fraction of sp³-hybridized carbons (Fsp3) is 0.143. The molecule has 0 aromatic rings. The SMILES string of the molecule is O=CCn1cncc2ncnc1-2. The third-order valence-electron chi connectivity index (χ3n) is 1.55. The number of carbonyl (C=O) groups is 1. The van der Waals surface area contributed by atoms with Crippen LogP contribution in [0.5, 0.6) is 0 Å². The maximum Gasteiger partial charge on any atom is 0.163 e. The summed E-state index contributed by atoms with van der Waals surface area (Å²) < 4.78 is 1.65. The van der Waals surface area contributed by atoms with Crippen molar-refractivity contribution in [2.75, 3.05) is 0 Å². The van der Waals surface area contributed by atoms with Crippen LogP contribution in [0.1, 0.15) is 0 Å². The Kier molecular flexibility index (Phi) is 1.55. The van der Waals surface area contributed by atoms with E-state index in [4.69, 9.17) is 0 Å². The highest BCUT2D eigenvalue weighted by atomic mass is 16.1. The molecular weight excluding hydrogens is 156 g/mol. The molecule has 0 saturated carbocycles.